The Bertz CT molecular complexity index is 723. The predicted molar refractivity (Wildman–Crippen MR) is 87.7 cm³/mol. The van der Waals surface area contributed by atoms with Crippen molar-refractivity contribution in [1.29, 1.82) is 0 Å². The highest BCUT2D eigenvalue weighted by atomic mass is 35.5. The summed E-state index contributed by atoms with van der Waals surface area (Å²) >= 11 is 19.1. The highest BCUT2D eigenvalue weighted by Gasteiger charge is 2.16. The summed E-state index contributed by atoms with van der Waals surface area (Å²) in [6.45, 7) is -0.272. The lowest BCUT2D eigenvalue weighted by molar-refractivity contribution is 0.103. The summed E-state index contributed by atoms with van der Waals surface area (Å²) in [5.74, 6) is 4.84. The van der Waals surface area contributed by atoms with Gasteiger partial charge in [-0.15, -0.1) is 11.3 Å². The lowest BCUT2D eigenvalue weighted by Crippen LogP contribution is -2.12. The lowest BCUT2D eigenvalue weighted by Gasteiger charge is -2.09. The number of aliphatic hydroxyl groups excluding tert-OH is 1. The number of hydrogen-bond donors (Lipinski definition) is 2. The number of halogens is 3. The van der Waals surface area contributed by atoms with Gasteiger partial charge in [-0.2, -0.15) is 0 Å². The monoisotopic (exact) mass is 359 g/mol. The van der Waals surface area contributed by atoms with E-state index in [2.05, 4.69) is 17.2 Å². The molecule has 108 valence electrons. The van der Waals surface area contributed by atoms with E-state index in [0.717, 1.165) is 0 Å². The van der Waals surface area contributed by atoms with E-state index in [9.17, 15) is 4.79 Å². The molecule has 0 saturated carbocycles. The second-order valence-electron chi connectivity index (χ2n) is 3.82. The van der Waals surface area contributed by atoms with Crippen LogP contribution in [0.2, 0.25) is 15.1 Å². The highest BCUT2D eigenvalue weighted by molar-refractivity contribution is 7.12. The Morgan fingerprint density at radius 1 is 1.29 bits per heavy atom. The maximum absolute atomic E-state index is 12.3. The number of aliphatic hydroxyl groups is 1. The average molecular weight is 361 g/mol. The van der Waals surface area contributed by atoms with Crippen LogP contribution >= 0.6 is 46.1 Å². The molecule has 2 aromatic rings. The maximum atomic E-state index is 12.3. The van der Waals surface area contributed by atoms with Gasteiger partial charge in [0.15, 0.2) is 0 Å². The molecule has 2 N–H and O–H groups in total. The third kappa shape index (κ3) is 3.91. The standard InChI is InChI=1S/C14H8Cl3NO2S/c15-9-6-10(16)12(11(17)7-9)18-14(20)13-8(2-1-4-19)3-5-21-13/h3,5-7,19H,4H2,(H,18,20). The molecule has 0 radical (unpaired) electrons. The Morgan fingerprint density at radius 2 is 1.95 bits per heavy atom. The van der Waals surface area contributed by atoms with E-state index < -0.39 is 0 Å². The van der Waals surface area contributed by atoms with Crippen LogP contribution in [0.3, 0.4) is 0 Å². The van der Waals surface area contributed by atoms with Gasteiger partial charge in [0.1, 0.15) is 11.5 Å². The van der Waals surface area contributed by atoms with Gasteiger partial charge < -0.3 is 10.4 Å². The third-order valence-electron chi connectivity index (χ3n) is 2.42. The van der Waals surface area contributed by atoms with Crippen LogP contribution in [-0.2, 0) is 0 Å². The minimum atomic E-state index is -0.377. The summed E-state index contributed by atoms with van der Waals surface area (Å²) in [6.07, 6.45) is 0. The van der Waals surface area contributed by atoms with Crippen LogP contribution < -0.4 is 5.32 Å². The van der Waals surface area contributed by atoms with Crippen molar-refractivity contribution in [2.24, 2.45) is 0 Å². The number of carbonyl (C=O) groups excluding carboxylic acids is 1. The van der Waals surface area contributed by atoms with Gasteiger partial charge in [0.25, 0.3) is 5.91 Å². The Morgan fingerprint density at radius 3 is 2.57 bits per heavy atom. The van der Waals surface area contributed by atoms with E-state index in [1.54, 1.807) is 11.4 Å². The van der Waals surface area contributed by atoms with Gasteiger partial charge >= 0.3 is 0 Å². The molecule has 21 heavy (non-hydrogen) atoms. The highest BCUT2D eigenvalue weighted by Crippen LogP contribution is 2.34. The zero-order chi connectivity index (χ0) is 15.4. The topological polar surface area (TPSA) is 49.3 Å². The molecule has 1 aromatic carbocycles. The molecule has 1 amide bonds. The Kier molecular flexibility index (Phi) is 5.51. The normalized spacial score (nSPS) is 9.90. The summed E-state index contributed by atoms with van der Waals surface area (Å²) in [7, 11) is 0. The molecule has 0 unspecified atom stereocenters. The number of thiophene rings is 1. The molecule has 7 heteroatoms. The lowest BCUT2D eigenvalue weighted by atomic mass is 10.2. The van der Waals surface area contributed by atoms with Crippen LogP contribution in [0.5, 0.6) is 0 Å². The van der Waals surface area contributed by atoms with E-state index in [4.69, 9.17) is 39.9 Å². The van der Waals surface area contributed by atoms with Crippen molar-refractivity contribution in [1.82, 2.24) is 0 Å². The van der Waals surface area contributed by atoms with E-state index in [1.807, 2.05) is 0 Å². The van der Waals surface area contributed by atoms with Gasteiger partial charge in [0.2, 0.25) is 0 Å². The number of benzene rings is 1. The van der Waals surface area contributed by atoms with E-state index in [0.29, 0.717) is 21.2 Å². The molecule has 2 rings (SSSR count). The molecule has 1 heterocycles. The molecule has 0 saturated heterocycles. The van der Waals surface area contributed by atoms with Gasteiger partial charge in [-0.3, -0.25) is 4.79 Å². The molecule has 3 nitrogen and oxygen atoms in total. The fourth-order valence-corrected chi connectivity index (χ4v) is 3.21. The first-order valence-corrected chi connectivity index (χ1v) is 7.67. The van der Waals surface area contributed by atoms with Crippen LogP contribution in [0.4, 0.5) is 5.69 Å². The number of hydrogen-bond acceptors (Lipinski definition) is 3. The van der Waals surface area contributed by atoms with Crippen LogP contribution in [-0.4, -0.2) is 17.6 Å². The SMILES string of the molecule is O=C(Nc1c(Cl)cc(Cl)cc1Cl)c1sccc1C#CCO. The van der Waals surface area contributed by atoms with Crippen LogP contribution in [0, 0.1) is 11.8 Å². The average Bonchev–Trinajstić information content (AvgIpc) is 2.88. The van der Waals surface area contributed by atoms with Crippen molar-refractivity contribution < 1.29 is 9.90 Å². The minimum absolute atomic E-state index is 0.250. The summed E-state index contributed by atoms with van der Waals surface area (Å²) in [5, 5.41) is 14.0. The number of anilines is 1. The van der Waals surface area contributed by atoms with Crippen molar-refractivity contribution in [3.8, 4) is 11.8 Å². The number of nitrogens with one attached hydrogen (secondary N) is 1. The Balaban J connectivity index is 2.29. The maximum Gasteiger partial charge on any atom is 0.267 e. The van der Waals surface area contributed by atoms with Crippen molar-refractivity contribution >= 4 is 57.7 Å². The molecule has 0 bridgehead atoms. The zero-order valence-corrected chi connectivity index (χ0v) is 13.5. The Hall–Kier alpha value is -1.22. The quantitative estimate of drug-likeness (QED) is 0.784. The molecule has 0 atom stereocenters. The van der Waals surface area contributed by atoms with Crippen LogP contribution in [0.1, 0.15) is 15.2 Å². The third-order valence-corrected chi connectivity index (χ3v) is 4.15. The van der Waals surface area contributed by atoms with E-state index >= 15 is 0 Å². The molecular weight excluding hydrogens is 353 g/mol. The zero-order valence-electron chi connectivity index (χ0n) is 10.4. The minimum Gasteiger partial charge on any atom is -0.384 e. The first-order valence-electron chi connectivity index (χ1n) is 5.66. The largest absolute Gasteiger partial charge is 0.384 e. The van der Waals surface area contributed by atoms with Crippen molar-refractivity contribution in [2.45, 2.75) is 0 Å². The smallest absolute Gasteiger partial charge is 0.267 e. The molecular formula is C14H8Cl3NO2S. The van der Waals surface area contributed by atoms with E-state index in [1.165, 1.54) is 23.5 Å². The first kappa shape index (κ1) is 16.2. The predicted octanol–water partition coefficient (Wildman–Crippen LogP) is 4.30. The molecule has 1 aromatic heterocycles. The molecule has 0 fully saturated rings. The number of rotatable bonds is 2. The number of carbonyl (C=O) groups is 1. The van der Waals surface area contributed by atoms with Crippen molar-refractivity contribution in [3.05, 3.63) is 49.1 Å². The summed E-state index contributed by atoms with van der Waals surface area (Å²) < 4.78 is 0. The number of amides is 1. The van der Waals surface area contributed by atoms with Gasteiger partial charge in [0, 0.05) is 10.6 Å². The van der Waals surface area contributed by atoms with Crippen molar-refractivity contribution in [3.63, 3.8) is 0 Å². The summed E-state index contributed by atoms with van der Waals surface area (Å²) in [6, 6.07) is 4.68. The fraction of sp³-hybridized carbons (Fsp3) is 0.0714. The summed E-state index contributed by atoms with van der Waals surface area (Å²) in [4.78, 5) is 12.7. The van der Waals surface area contributed by atoms with Crippen molar-refractivity contribution in [2.75, 3.05) is 11.9 Å². The molecule has 0 aliphatic heterocycles. The molecule has 0 spiro atoms. The van der Waals surface area contributed by atoms with Crippen LogP contribution in [0.25, 0.3) is 0 Å². The first-order chi connectivity index (χ1) is 10.0. The second-order valence-corrected chi connectivity index (χ2v) is 5.99. The Labute approximate surface area is 140 Å². The second kappa shape index (κ2) is 7.17. The molecule has 0 aliphatic rings. The fourth-order valence-electron chi connectivity index (χ4n) is 1.55. The molecule has 0 aliphatic carbocycles. The van der Waals surface area contributed by atoms with E-state index in [-0.39, 0.29) is 22.6 Å². The van der Waals surface area contributed by atoms with Crippen LogP contribution in [0.15, 0.2) is 23.6 Å². The van der Waals surface area contributed by atoms with Gasteiger partial charge in [-0.25, -0.2) is 0 Å². The van der Waals surface area contributed by atoms with Gasteiger partial charge in [0.05, 0.1) is 15.7 Å². The summed E-state index contributed by atoms with van der Waals surface area (Å²) in [5.41, 5.74) is 0.829. The van der Waals surface area contributed by atoms with Gasteiger partial charge in [-0.05, 0) is 23.6 Å². The van der Waals surface area contributed by atoms with Gasteiger partial charge in [-0.1, -0.05) is 46.6 Å².